The SMILES string of the molecule is Cc1ccncc1NS(=O)(=O)c1ccccc1C(=O)N(C)Cc1ccc(C(F)(F)F)cc1. The van der Waals surface area contributed by atoms with Crippen molar-refractivity contribution in [3.05, 3.63) is 89.2 Å². The highest BCUT2D eigenvalue weighted by molar-refractivity contribution is 7.92. The van der Waals surface area contributed by atoms with Crippen LogP contribution in [0.3, 0.4) is 0 Å². The fourth-order valence-corrected chi connectivity index (χ4v) is 4.31. The first kappa shape index (κ1) is 23.3. The van der Waals surface area contributed by atoms with Gasteiger partial charge in [0, 0.05) is 19.8 Å². The Morgan fingerprint density at radius 2 is 1.72 bits per heavy atom. The van der Waals surface area contributed by atoms with E-state index in [0.29, 0.717) is 11.1 Å². The Morgan fingerprint density at radius 1 is 1.06 bits per heavy atom. The van der Waals surface area contributed by atoms with Crippen LogP contribution in [0, 0.1) is 6.92 Å². The number of anilines is 1. The van der Waals surface area contributed by atoms with Crippen LogP contribution < -0.4 is 4.72 Å². The van der Waals surface area contributed by atoms with Crippen molar-refractivity contribution in [1.82, 2.24) is 9.88 Å². The zero-order valence-corrected chi connectivity index (χ0v) is 18.0. The van der Waals surface area contributed by atoms with Gasteiger partial charge in [-0.25, -0.2) is 8.42 Å². The molecule has 0 atom stereocenters. The predicted molar refractivity (Wildman–Crippen MR) is 113 cm³/mol. The molecule has 0 bridgehead atoms. The molecule has 1 aromatic heterocycles. The molecule has 0 spiro atoms. The van der Waals surface area contributed by atoms with E-state index in [-0.39, 0.29) is 22.7 Å². The molecule has 10 heteroatoms. The molecular formula is C22H20F3N3O3S. The third-order valence-corrected chi connectivity index (χ3v) is 6.16. The molecule has 1 amide bonds. The van der Waals surface area contributed by atoms with Crippen LogP contribution in [0.5, 0.6) is 0 Å². The third kappa shape index (κ3) is 5.25. The van der Waals surface area contributed by atoms with E-state index in [2.05, 4.69) is 9.71 Å². The Morgan fingerprint density at radius 3 is 2.34 bits per heavy atom. The number of halogens is 3. The molecule has 3 rings (SSSR count). The van der Waals surface area contributed by atoms with E-state index in [1.165, 1.54) is 60.7 Å². The summed E-state index contributed by atoms with van der Waals surface area (Å²) in [4.78, 5) is 17.9. The summed E-state index contributed by atoms with van der Waals surface area (Å²) in [6.07, 6.45) is -1.55. The number of nitrogens with one attached hydrogen (secondary N) is 1. The molecule has 0 fully saturated rings. The minimum atomic E-state index is -4.45. The highest BCUT2D eigenvalue weighted by Gasteiger charge is 2.30. The number of aromatic nitrogens is 1. The summed E-state index contributed by atoms with van der Waals surface area (Å²) in [6.45, 7) is 1.72. The van der Waals surface area contributed by atoms with Crippen LogP contribution in [0.4, 0.5) is 18.9 Å². The Balaban J connectivity index is 1.84. The number of benzene rings is 2. The first-order valence-corrected chi connectivity index (χ1v) is 10.9. The summed E-state index contributed by atoms with van der Waals surface area (Å²) in [5.74, 6) is -0.589. The second-order valence-electron chi connectivity index (χ2n) is 7.15. The lowest BCUT2D eigenvalue weighted by molar-refractivity contribution is -0.137. The Labute approximate surface area is 183 Å². The molecule has 6 nitrogen and oxygen atoms in total. The monoisotopic (exact) mass is 463 g/mol. The first-order valence-electron chi connectivity index (χ1n) is 9.43. The normalized spacial score (nSPS) is 11.8. The molecule has 0 saturated heterocycles. The lowest BCUT2D eigenvalue weighted by Gasteiger charge is -2.20. The van der Waals surface area contributed by atoms with E-state index in [1.54, 1.807) is 13.0 Å². The number of aryl methyl sites for hydroxylation is 1. The van der Waals surface area contributed by atoms with Crippen molar-refractivity contribution in [2.24, 2.45) is 0 Å². The van der Waals surface area contributed by atoms with Crippen LogP contribution in [0.15, 0.2) is 71.9 Å². The van der Waals surface area contributed by atoms with E-state index < -0.39 is 27.7 Å². The summed E-state index contributed by atoms with van der Waals surface area (Å²) >= 11 is 0. The average molecular weight is 463 g/mol. The number of hydrogen-bond donors (Lipinski definition) is 1. The van der Waals surface area contributed by atoms with Crippen molar-refractivity contribution >= 4 is 21.6 Å². The Bertz CT molecular complexity index is 1230. The molecule has 2 aromatic carbocycles. The molecular weight excluding hydrogens is 443 g/mol. The van der Waals surface area contributed by atoms with Crippen molar-refractivity contribution in [2.45, 2.75) is 24.5 Å². The maximum Gasteiger partial charge on any atom is 0.416 e. The van der Waals surface area contributed by atoms with E-state index in [9.17, 15) is 26.4 Å². The van der Waals surface area contributed by atoms with Gasteiger partial charge in [0.05, 0.1) is 23.0 Å². The summed E-state index contributed by atoms with van der Waals surface area (Å²) in [7, 11) is -2.66. The fourth-order valence-electron chi connectivity index (χ4n) is 3.00. The van der Waals surface area contributed by atoms with Crippen LogP contribution in [0.2, 0.25) is 0 Å². The molecule has 1 N–H and O–H groups in total. The standard InChI is InChI=1S/C22H20F3N3O3S/c1-15-11-12-26-13-19(15)27-32(30,31)20-6-4-3-5-18(20)21(29)28(2)14-16-7-9-17(10-8-16)22(23,24)25/h3-13,27H,14H2,1-2H3. The maximum atomic E-state index is 13.0. The third-order valence-electron chi connectivity index (χ3n) is 4.74. The molecule has 3 aromatic rings. The van der Waals surface area contributed by atoms with Gasteiger partial charge in [-0.3, -0.25) is 14.5 Å². The number of rotatable bonds is 6. The zero-order valence-electron chi connectivity index (χ0n) is 17.2. The second kappa shape index (κ2) is 8.99. The van der Waals surface area contributed by atoms with Crippen molar-refractivity contribution in [3.8, 4) is 0 Å². The van der Waals surface area contributed by atoms with Gasteiger partial charge >= 0.3 is 6.18 Å². The summed E-state index contributed by atoms with van der Waals surface area (Å²) in [6, 6.07) is 11.8. The van der Waals surface area contributed by atoms with Crippen molar-refractivity contribution in [2.75, 3.05) is 11.8 Å². The molecule has 0 aliphatic carbocycles. The molecule has 0 saturated carbocycles. The molecule has 1 heterocycles. The fraction of sp³-hybridized carbons (Fsp3) is 0.182. The van der Waals surface area contributed by atoms with E-state index in [4.69, 9.17) is 0 Å². The second-order valence-corrected chi connectivity index (χ2v) is 8.80. The number of carbonyl (C=O) groups is 1. The topological polar surface area (TPSA) is 79.4 Å². The molecule has 0 aliphatic heterocycles. The minimum absolute atomic E-state index is 0.000490. The van der Waals surface area contributed by atoms with E-state index in [1.807, 2.05) is 0 Å². The highest BCUT2D eigenvalue weighted by Crippen LogP contribution is 2.29. The van der Waals surface area contributed by atoms with Crippen LogP contribution in [0.1, 0.15) is 27.0 Å². The Hall–Kier alpha value is -3.40. The van der Waals surface area contributed by atoms with E-state index in [0.717, 1.165) is 12.1 Å². The predicted octanol–water partition coefficient (Wildman–Crippen LogP) is 4.48. The van der Waals surface area contributed by atoms with Gasteiger partial charge in [-0.2, -0.15) is 13.2 Å². The Kier molecular flexibility index (Phi) is 6.54. The van der Waals surface area contributed by atoms with Gasteiger partial charge in [0.25, 0.3) is 15.9 Å². The molecule has 0 unspecified atom stereocenters. The van der Waals surface area contributed by atoms with Gasteiger partial charge in [0.1, 0.15) is 4.90 Å². The maximum absolute atomic E-state index is 13.0. The summed E-state index contributed by atoms with van der Waals surface area (Å²) < 4.78 is 66.6. The van der Waals surface area contributed by atoms with Crippen LogP contribution >= 0.6 is 0 Å². The van der Waals surface area contributed by atoms with Crippen molar-refractivity contribution < 1.29 is 26.4 Å². The van der Waals surface area contributed by atoms with Gasteiger partial charge < -0.3 is 4.90 Å². The average Bonchev–Trinajstić information content (AvgIpc) is 2.74. The first-order chi connectivity index (χ1) is 15.0. The number of hydrogen-bond acceptors (Lipinski definition) is 4. The summed E-state index contributed by atoms with van der Waals surface area (Å²) in [5.41, 5.74) is 0.567. The molecule has 32 heavy (non-hydrogen) atoms. The van der Waals surface area contributed by atoms with Gasteiger partial charge in [-0.15, -0.1) is 0 Å². The largest absolute Gasteiger partial charge is 0.416 e. The van der Waals surface area contributed by atoms with Gasteiger partial charge in [0.2, 0.25) is 0 Å². The quantitative estimate of drug-likeness (QED) is 0.585. The number of sulfonamides is 1. The van der Waals surface area contributed by atoms with E-state index >= 15 is 0 Å². The smallest absolute Gasteiger partial charge is 0.337 e. The van der Waals surface area contributed by atoms with Gasteiger partial charge in [0.15, 0.2) is 0 Å². The van der Waals surface area contributed by atoms with Crippen molar-refractivity contribution in [1.29, 1.82) is 0 Å². The minimum Gasteiger partial charge on any atom is -0.337 e. The number of nitrogens with zero attached hydrogens (tertiary/aromatic N) is 2. The molecule has 168 valence electrons. The van der Waals surface area contributed by atoms with Gasteiger partial charge in [-0.05, 0) is 48.4 Å². The molecule has 0 radical (unpaired) electrons. The van der Waals surface area contributed by atoms with Crippen LogP contribution in [-0.2, 0) is 22.7 Å². The van der Waals surface area contributed by atoms with Crippen molar-refractivity contribution in [3.63, 3.8) is 0 Å². The number of carbonyl (C=O) groups excluding carboxylic acids is 1. The lowest BCUT2D eigenvalue weighted by atomic mass is 10.1. The molecule has 0 aliphatic rings. The highest BCUT2D eigenvalue weighted by atomic mass is 32.2. The van der Waals surface area contributed by atoms with Crippen LogP contribution in [-0.4, -0.2) is 31.3 Å². The summed E-state index contributed by atoms with van der Waals surface area (Å²) in [5, 5.41) is 0. The number of amides is 1. The van der Waals surface area contributed by atoms with Crippen LogP contribution in [0.25, 0.3) is 0 Å². The number of pyridine rings is 1. The lowest BCUT2D eigenvalue weighted by Crippen LogP contribution is -2.28. The zero-order chi connectivity index (χ0) is 23.5. The van der Waals surface area contributed by atoms with Gasteiger partial charge in [-0.1, -0.05) is 24.3 Å². The number of alkyl halides is 3.